The van der Waals surface area contributed by atoms with Crippen LogP contribution >= 0.6 is 0 Å². The average molecular weight is 492 g/mol. The standard InChI is InChI=1S/C6H15NO3.C6H14.C5H12O4.C5H12O3/c8-4-1-7(2-5-9)3-6-10;1-4-6(3)5-2;6-1-5(2-7,3-8)4-9;1-5(2-6,3-7)4-8/h8-10H,1-6H2;6H,4-5H2,1-3H3;6-9H,1-4H2;6-8H,2-4H2,1H3. The van der Waals surface area contributed by atoms with Gasteiger partial charge >= 0.3 is 0 Å². The van der Waals surface area contributed by atoms with Gasteiger partial charge < -0.3 is 51.1 Å². The van der Waals surface area contributed by atoms with Crippen molar-refractivity contribution < 1.29 is 51.1 Å². The summed E-state index contributed by atoms with van der Waals surface area (Å²) < 4.78 is 0. The van der Waals surface area contributed by atoms with Crippen molar-refractivity contribution in [3.8, 4) is 0 Å². The Kier molecular flexibility index (Phi) is 33.5. The molecule has 0 saturated heterocycles. The van der Waals surface area contributed by atoms with Crippen LogP contribution in [0.4, 0.5) is 0 Å². The summed E-state index contributed by atoms with van der Waals surface area (Å²) in [7, 11) is 0. The van der Waals surface area contributed by atoms with Gasteiger partial charge in [0.15, 0.2) is 0 Å². The summed E-state index contributed by atoms with van der Waals surface area (Å²) in [6.07, 6.45) is 2.66. The van der Waals surface area contributed by atoms with Crippen molar-refractivity contribution in [1.82, 2.24) is 4.90 Å². The van der Waals surface area contributed by atoms with Gasteiger partial charge in [-0.25, -0.2) is 0 Å². The van der Waals surface area contributed by atoms with Gasteiger partial charge in [0.1, 0.15) is 0 Å². The van der Waals surface area contributed by atoms with Crippen LogP contribution in [0.5, 0.6) is 0 Å². The van der Waals surface area contributed by atoms with E-state index in [1.807, 2.05) is 0 Å². The highest BCUT2D eigenvalue weighted by Gasteiger charge is 2.26. The molecule has 0 aromatic rings. The third kappa shape index (κ3) is 24.5. The fourth-order valence-electron chi connectivity index (χ4n) is 1.50. The van der Waals surface area contributed by atoms with E-state index in [0.717, 1.165) is 5.92 Å². The first kappa shape index (κ1) is 39.8. The molecule has 0 amide bonds. The minimum atomic E-state index is -1.11. The first-order valence-electron chi connectivity index (χ1n) is 11.4. The maximum absolute atomic E-state index is 8.50. The molecule has 11 heteroatoms. The van der Waals surface area contributed by atoms with Crippen molar-refractivity contribution in [3.05, 3.63) is 0 Å². The smallest absolute Gasteiger partial charge is 0.0627 e. The summed E-state index contributed by atoms with van der Waals surface area (Å²) in [6, 6.07) is 0. The Morgan fingerprint density at radius 1 is 0.545 bits per heavy atom. The second kappa shape index (κ2) is 27.8. The predicted molar refractivity (Wildman–Crippen MR) is 128 cm³/mol. The van der Waals surface area contributed by atoms with E-state index in [9.17, 15) is 0 Å². The second-order valence-corrected chi connectivity index (χ2v) is 8.35. The Labute approximate surface area is 199 Å². The Hall–Kier alpha value is -0.440. The third-order valence-corrected chi connectivity index (χ3v) is 5.13. The van der Waals surface area contributed by atoms with Crippen LogP contribution in [0.3, 0.4) is 0 Å². The van der Waals surface area contributed by atoms with Crippen molar-refractivity contribution in [1.29, 1.82) is 0 Å². The molecule has 0 spiro atoms. The molecule has 0 radical (unpaired) electrons. The van der Waals surface area contributed by atoms with E-state index in [1.54, 1.807) is 11.8 Å². The fourth-order valence-corrected chi connectivity index (χ4v) is 1.50. The maximum atomic E-state index is 8.50. The van der Waals surface area contributed by atoms with Gasteiger partial charge in [-0.1, -0.05) is 40.5 Å². The SMILES string of the molecule is CC(CO)(CO)CO.CCC(C)CC.OCC(CO)(CO)CO.OCCN(CCO)CCO. The van der Waals surface area contributed by atoms with Crippen LogP contribution in [0.15, 0.2) is 0 Å². The predicted octanol–water partition coefficient (Wildman–Crippen LogP) is -2.38. The molecule has 0 heterocycles. The van der Waals surface area contributed by atoms with Crippen molar-refractivity contribution in [2.75, 3.05) is 85.7 Å². The number of nitrogens with zero attached hydrogens (tertiary/aromatic N) is 1. The monoisotopic (exact) mass is 491 g/mol. The number of aliphatic hydroxyl groups is 10. The lowest BCUT2D eigenvalue weighted by Gasteiger charge is -2.23. The molecule has 10 N–H and O–H groups in total. The van der Waals surface area contributed by atoms with E-state index < -0.39 is 37.3 Å². The zero-order valence-electron chi connectivity index (χ0n) is 21.1. The van der Waals surface area contributed by atoms with E-state index in [4.69, 9.17) is 51.1 Å². The summed E-state index contributed by atoms with van der Waals surface area (Å²) in [5.74, 6) is 0.935. The third-order valence-electron chi connectivity index (χ3n) is 5.13. The molecule has 0 atom stereocenters. The molecule has 0 aliphatic carbocycles. The summed E-state index contributed by atoms with van der Waals surface area (Å²) in [5, 5.41) is 84.8. The van der Waals surface area contributed by atoms with Gasteiger partial charge in [0.25, 0.3) is 0 Å². The minimum Gasteiger partial charge on any atom is -0.396 e. The zero-order chi connectivity index (χ0) is 26.8. The van der Waals surface area contributed by atoms with Crippen LogP contribution in [0.25, 0.3) is 0 Å². The van der Waals surface area contributed by atoms with Gasteiger partial charge in [-0.2, -0.15) is 0 Å². The molecule has 0 bridgehead atoms. The van der Waals surface area contributed by atoms with Crippen molar-refractivity contribution in [2.24, 2.45) is 16.7 Å². The number of hydrogen-bond donors (Lipinski definition) is 10. The highest BCUT2D eigenvalue weighted by molar-refractivity contribution is 4.75. The van der Waals surface area contributed by atoms with Gasteiger partial charge in [0, 0.05) is 25.0 Å². The summed E-state index contributed by atoms with van der Waals surface area (Å²) >= 11 is 0. The van der Waals surface area contributed by atoms with Gasteiger partial charge in [0.2, 0.25) is 0 Å². The van der Waals surface area contributed by atoms with Crippen LogP contribution in [0.1, 0.15) is 40.5 Å². The Morgan fingerprint density at radius 3 is 0.879 bits per heavy atom. The van der Waals surface area contributed by atoms with Crippen LogP contribution in [0.2, 0.25) is 0 Å². The topological polar surface area (TPSA) is 206 Å². The summed E-state index contributed by atoms with van der Waals surface area (Å²) in [4.78, 5) is 1.79. The molecular formula is C22H53NO10. The van der Waals surface area contributed by atoms with Crippen molar-refractivity contribution in [3.63, 3.8) is 0 Å². The van der Waals surface area contributed by atoms with Crippen LogP contribution in [-0.2, 0) is 0 Å². The summed E-state index contributed by atoms with van der Waals surface area (Å²) in [6.45, 7) is 7.93. The average Bonchev–Trinajstić information content (AvgIpc) is 2.86. The van der Waals surface area contributed by atoms with Gasteiger partial charge in [0.05, 0.1) is 71.5 Å². The van der Waals surface area contributed by atoms with E-state index in [-0.39, 0.29) is 39.6 Å². The number of rotatable bonds is 15. The lowest BCUT2D eigenvalue weighted by atomic mass is 9.93. The van der Waals surface area contributed by atoms with Gasteiger partial charge in [-0.05, 0) is 5.92 Å². The molecule has 0 aliphatic heterocycles. The molecule has 0 rings (SSSR count). The highest BCUT2D eigenvalue weighted by Crippen LogP contribution is 2.12. The van der Waals surface area contributed by atoms with E-state index in [1.165, 1.54) is 12.8 Å². The molecule has 0 unspecified atom stereocenters. The van der Waals surface area contributed by atoms with Crippen molar-refractivity contribution in [2.45, 2.75) is 40.5 Å². The largest absolute Gasteiger partial charge is 0.396 e. The molecule has 0 aromatic heterocycles. The lowest BCUT2D eigenvalue weighted by molar-refractivity contribution is -0.0328. The fraction of sp³-hybridized carbons (Fsp3) is 1.00. The van der Waals surface area contributed by atoms with Crippen LogP contribution in [0, 0.1) is 16.7 Å². The number of hydrogen-bond acceptors (Lipinski definition) is 11. The van der Waals surface area contributed by atoms with E-state index in [2.05, 4.69) is 20.8 Å². The zero-order valence-corrected chi connectivity index (χ0v) is 21.1. The molecule has 33 heavy (non-hydrogen) atoms. The quantitative estimate of drug-likeness (QED) is 0.117. The highest BCUT2D eigenvalue weighted by atomic mass is 16.3. The number of aliphatic hydroxyl groups excluding tert-OH is 10. The Balaban J connectivity index is -0.000000173. The molecule has 11 nitrogen and oxygen atoms in total. The molecule has 0 aliphatic rings. The van der Waals surface area contributed by atoms with Gasteiger partial charge in [-0.15, -0.1) is 0 Å². The van der Waals surface area contributed by atoms with E-state index in [0.29, 0.717) is 19.6 Å². The van der Waals surface area contributed by atoms with Crippen LogP contribution < -0.4 is 0 Å². The summed E-state index contributed by atoms with van der Waals surface area (Å²) in [5.41, 5.74) is -1.82. The second-order valence-electron chi connectivity index (χ2n) is 8.35. The van der Waals surface area contributed by atoms with Gasteiger partial charge in [-0.3, -0.25) is 4.90 Å². The van der Waals surface area contributed by atoms with Crippen molar-refractivity contribution >= 4 is 0 Å². The molecule has 0 fully saturated rings. The van der Waals surface area contributed by atoms with E-state index >= 15 is 0 Å². The molecular weight excluding hydrogens is 438 g/mol. The Morgan fingerprint density at radius 2 is 0.818 bits per heavy atom. The first-order chi connectivity index (χ1) is 15.6. The normalized spacial score (nSPS) is 11.3. The van der Waals surface area contributed by atoms with Crippen LogP contribution in [-0.4, -0.2) is 142 Å². The minimum absolute atomic E-state index is 0.0694. The maximum Gasteiger partial charge on any atom is 0.0627 e. The Bertz CT molecular complexity index is 312. The first-order valence-corrected chi connectivity index (χ1v) is 11.4. The lowest BCUT2D eigenvalue weighted by Crippen LogP contribution is -2.37. The molecule has 0 saturated carbocycles. The molecule has 206 valence electrons. The molecule has 0 aromatic carbocycles.